The van der Waals surface area contributed by atoms with Crippen LogP contribution in [0.25, 0.3) is 0 Å². The van der Waals surface area contributed by atoms with Crippen molar-refractivity contribution in [3.8, 4) is 0 Å². The molecule has 0 radical (unpaired) electrons. The number of anilines is 1. The van der Waals surface area contributed by atoms with E-state index in [1.807, 2.05) is 0 Å². The number of benzene rings is 1. The van der Waals surface area contributed by atoms with Gasteiger partial charge in [-0.1, -0.05) is 31.7 Å². The number of carbonyl (C=O) groups is 4. The fraction of sp³-hybridized carbons (Fsp3) is 0.474. The van der Waals surface area contributed by atoms with Crippen LogP contribution in [0, 0.1) is 0 Å². The van der Waals surface area contributed by atoms with E-state index in [0.29, 0.717) is 24.1 Å². The summed E-state index contributed by atoms with van der Waals surface area (Å²) in [4.78, 5) is 50.0. The van der Waals surface area contributed by atoms with Gasteiger partial charge in [0.25, 0.3) is 5.91 Å². The first-order valence-electron chi connectivity index (χ1n) is 9.07. The minimum absolute atomic E-state index is 0.294. The molecule has 1 aliphatic heterocycles. The average Bonchev–Trinajstić information content (AvgIpc) is 2.83. The maximum atomic E-state index is 12.8. The molecule has 1 saturated carbocycles. The van der Waals surface area contributed by atoms with Gasteiger partial charge in [0.2, 0.25) is 5.91 Å². The van der Waals surface area contributed by atoms with E-state index in [1.54, 1.807) is 18.2 Å². The first-order valence-corrected chi connectivity index (χ1v) is 9.07. The highest BCUT2D eigenvalue weighted by molar-refractivity contribution is 6.10. The van der Waals surface area contributed by atoms with E-state index in [4.69, 9.17) is 0 Å². The highest BCUT2D eigenvalue weighted by atomic mass is 16.5. The molecular formula is C19H23N3O5. The van der Waals surface area contributed by atoms with E-state index in [1.165, 1.54) is 13.2 Å². The molecule has 1 saturated heterocycles. The van der Waals surface area contributed by atoms with Gasteiger partial charge in [-0.15, -0.1) is 0 Å². The zero-order valence-corrected chi connectivity index (χ0v) is 15.2. The molecule has 0 aromatic heterocycles. The lowest BCUT2D eigenvalue weighted by Gasteiger charge is -2.24. The summed E-state index contributed by atoms with van der Waals surface area (Å²) in [7, 11) is 1.27. The molecule has 0 bridgehead atoms. The molecule has 0 unspecified atom stereocenters. The molecule has 1 heterocycles. The van der Waals surface area contributed by atoms with Crippen molar-refractivity contribution in [3.05, 3.63) is 29.8 Å². The molecule has 3 rings (SSSR count). The second-order valence-electron chi connectivity index (χ2n) is 6.94. The predicted molar refractivity (Wildman–Crippen MR) is 97.1 cm³/mol. The first kappa shape index (κ1) is 18.9. The summed E-state index contributed by atoms with van der Waals surface area (Å²) in [5.41, 5.74) is -0.180. The number of imide groups is 1. The lowest BCUT2D eigenvalue weighted by atomic mass is 9.90. The fourth-order valence-electron chi connectivity index (χ4n) is 3.68. The quantitative estimate of drug-likeness (QED) is 0.621. The van der Waals surface area contributed by atoms with Crippen molar-refractivity contribution in [1.29, 1.82) is 0 Å². The number of carbonyl (C=O) groups excluding carboxylic acids is 4. The molecule has 8 nitrogen and oxygen atoms in total. The number of urea groups is 1. The third kappa shape index (κ3) is 3.94. The summed E-state index contributed by atoms with van der Waals surface area (Å²) in [5, 5.41) is 5.42. The molecule has 2 N–H and O–H groups in total. The molecule has 27 heavy (non-hydrogen) atoms. The van der Waals surface area contributed by atoms with Crippen LogP contribution in [0.4, 0.5) is 10.5 Å². The SMILES string of the molecule is COC(=O)c1cccc(NC(=O)CN2C(=O)NC3(CCCCCC3)C2=O)c1. The third-order valence-corrected chi connectivity index (χ3v) is 5.07. The van der Waals surface area contributed by atoms with E-state index in [2.05, 4.69) is 15.4 Å². The van der Waals surface area contributed by atoms with Gasteiger partial charge in [-0.05, 0) is 31.0 Å². The van der Waals surface area contributed by atoms with Crippen LogP contribution >= 0.6 is 0 Å². The van der Waals surface area contributed by atoms with Crippen LogP contribution in [0.2, 0.25) is 0 Å². The van der Waals surface area contributed by atoms with Gasteiger partial charge in [0.1, 0.15) is 12.1 Å². The van der Waals surface area contributed by atoms with Gasteiger partial charge in [0, 0.05) is 5.69 Å². The minimum atomic E-state index is -0.862. The summed E-state index contributed by atoms with van der Waals surface area (Å²) in [6, 6.07) is 5.73. The monoisotopic (exact) mass is 373 g/mol. The summed E-state index contributed by atoms with van der Waals surface area (Å²) in [5.74, 6) is -1.35. The molecule has 2 aliphatic rings. The number of methoxy groups -OCH3 is 1. The van der Waals surface area contributed by atoms with Crippen molar-refractivity contribution in [3.63, 3.8) is 0 Å². The van der Waals surface area contributed by atoms with Gasteiger partial charge in [-0.25, -0.2) is 9.59 Å². The van der Waals surface area contributed by atoms with E-state index in [-0.39, 0.29) is 12.5 Å². The Morgan fingerprint density at radius 3 is 2.56 bits per heavy atom. The number of nitrogens with zero attached hydrogens (tertiary/aromatic N) is 1. The normalized spacial score (nSPS) is 18.8. The summed E-state index contributed by atoms with van der Waals surface area (Å²) in [6.07, 6.45) is 5.07. The topological polar surface area (TPSA) is 105 Å². The molecule has 8 heteroatoms. The van der Waals surface area contributed by atoms with Crippen LogP contribution in [0.1, 0.15) is 48.9 Å². The van der Waals surface area contributed by atoms with Crippen molar-refractivity contribution in [2.75, 3.05) is 19.0 Å². The fourth-order valence-corrected chi connectivity index (χ4v) is 3.68. The molecule has 1 aromatic rings. The molecule has 2 fully saturated rings. The van der Waals surface area contributed by atoms with Crippen LogP contribution in [0.5, 0.6) is 0 Å². The van der Waals surface area contributed by atoms with E-state index < -0.39 is 23.4 Å². The third-order valence-electron chi connectivity index (χ3n) is 5.07. The number of ether oxygens (including phenoxy) is 1. The molecular weight excluding hydrogens is 350 g/mol. The van der Waals surface area contributed by atoms with Gasteiger partial charge in [0.05, 0.1) is 12.7 Å². The number of hydrogen-bond donors (Lipinski definition) is 2. The Hall–Kier alpha value is -2.90. The summed E-state index contributed by atoms with van der Waals surface area (Å²) < 4.78 is 4.65. The van der Waals surface area contributed by atoms with Crippen LogP contribution in [0.3, 0.4) is 0 Å². The van der Waals surface area contributed by atoms with Gasteiger partial charge in [-0.3, -0.25) is 14.5 Å². The Labute approximate surface area is 157 Å². The van der Waals surface area contributed by atoms with Crippen LogP contribution in [0.15, 0.2) is 24.3 Å². The van der Waals surface area contributed by atoms with Crippen molar-refractivity contribution in [2.24, 2.45) is 0 Å². The Kier molecular flexibility index (Phi) is 5.43. The summed E-state index contributed by atoms with van der Waals surface area (Å²) >= 11 is 0. The minimum Gasteiger partial charge on any atom is -0.465 e. The van der Waals surface area contributed by atoms with Gasteiger partial charge >= 0.3 is 12.0 Å². The zero-order chi connectivity index (χ0) is 19.4. The van der Waals surface area contributed by atoms with Gasteiger partial charge in [0.15, 0.2) is 0 Å². The van der Waals surface area contributed by atoms with Crippen LogP contribution < -0.4 is 10.6 Å². The Bertz CT molecular complexity index is 768. The molecule has 1 aromatic carbocycles. The Morgan fingerprint density at radius 1 is 1.19 bits per heavy atom. The second kappa shape index (κ2) is 7.77. The lowest BCUT2D eigenvalue weighted by molar-refractivity contribution is -0.134. The van der Waals surface area contributed by atoms with Crippen molar-refractivity contribution in [1.82, 2.24) is 10.2 Å². The molecule has 4 amide bonds. The molecule has 1 aliphatic carbocycles. The van der Waals surface area contributed by atoms with Crippen molar-refractivity contribution in [2.45, 2.75) is 44.1 Å². The number of hydrogen-bond acceptors (Lipinski definition) is 5. The van der Waals surface area contributed by atoms with Crippen molar-refractivity contribution >= 4 is 29.5 Å². The predicted octanol–water partition coefficient (Wildman–Crippen LogP) is 2.06. The largest absolute Gasteiger partial charge is 0.465 e. The van der Waals surface area contributed by atoms with Gasteiger partial charge in [-0.2, -0.15) is 0 Å². The average molecular weight is 373 g/mol. The summed E-state index contributed by atoms with van der Waals surface area (Å²) in [6.45, 7) is -0.366. The first-order chi connectivity index (χ1) is 12.9. The van der Waals surface area contributed by atoms with Crippen molar-refractivity contribution < 1.29 is 23.9 Å². The van der Waals surface area contributed by atoms with E-state index in [0.717, 1.165) is 30.6 Å². The zero-order valence-electron chi connectivity index (χ0n) is 15.2. The lowest BCUT2D eigenvalue weighted by Crippen LogP contribution is -2.47. The number of amides is 4. The van der Waals surface area contributed by atoms with Crippen LogP contribution in [-0.4, -0.2) is 47.9 Å². The van der Waals surface area contributed by atoms with E-state index in [9.17, 15) is 19.2 Å². The maximum Gasteiger partial charge on any atom is 0.337 e. The highest BCUT2D eigenvalue weighted by Gasteiger charge is 2.51. The maximum absolute atomic E-state index is 12.8. The van der Waals surface area contributed by atoms with Gasteiger partial charge < -0.3 is 15.4 Å². The number of rotatable bonds is 4. The molecule has 0 atom stereocenters. The van der Waals surface area contributed by atoms with E-state index >= 15 is 0 Å². The molecule has 1 spiro atoms. The number of esters is 1. The highest BCUT2D eigenvalue weighted by Crippen LogP contribution is 2.32. The number of nitrogens with one attached hydrogen (secondary N) is 2. The Morgan fingerprint density at radius 2 is 1.89 bits per heavy atom. The Balaban J connectivity index is 1.66. The smallest absolute Gasteiger partial charge is 0.337 e. The second-order valence-corrected chi connectivity index (χ2v) is 6.94. The molecule has 144 valence electrons. The standard InChI is InChI=1S/C19H23N3O5/c1-27-16(24)13-7-6-8-14(11-13)20-15(23)12-22-17(25)19(21-18(22)26)9-4-2-3-5-10-19/h6-8,11H,2-5,9-10,12H2,1H3,(H,20,23)(H,21,26). The van der Waals surface area contributed by atoms with Crippen LogP contribution in [-0.2, 0) is 14.3 Å².